The second kappa shape index (κ2) is 11.7. The Morgan fingerprint density at radius 3 is 2.00 bits per heavy atom. The molecule has 0 aliphatic heterocycles. The molecular formula is C22H14BrN7O3S2. The average Bonchev–Trinajstić information content (AvgIpc) is 3.40. The molecule has 2 heterocycles. The highest BCUT2D eigenvalue weighted by Gasteiger charge is 2.14. The fourth-order valence-electron chi connectivity index (χ4n) is 2.70. The summed E-state index contributed by atoms with van der Waals surface area (Å²) in [5.41, 5.74) is 1.12. The van der Waals surface area contributed by atoms with Crippen LogP contribution in [0.25, 0.3) is 4.85 Å². The molecule has 174 valence electrons. The molecule has 0 fully saturated rings. The van der Waals surface area contributed by atoms with Gasteiger partial charge in [0, 0.05) is 11.4 Å². The van der Waals surface area contributed by atoms with Gasteiger partial charge in [0.1, 0.15) is 27.9 Å². The molecule has 0 spiro atoms. The first-order chi connectivity index (χ1) is 16.9. The highest BCUT2D eigenvalue weighted by Crippen LogP contribution is 2.39. The van der Waals surface area contributed by atoms with Crippen LogP contribution in [0.5, 0.6) is 5.75 Å². The van der Waals surface area contributed by atoms with E-state index in [0.717, 1.165) is 28.8 Å². The number of benzene rings is 2. The summed E-state index contributed by atoms with van der Waals surface area (Å²) in [6.07, 6.45) is 0. The predicted octanol–water partition coefficient (Wildman–Crippen LogP) is 5.43. The number of hydrogen-bond acceptors (Lipinski definition) is 9. The lowest BCUT2D eigenvalue weighted by Crippen LogP contribution is -2.02. The van der Waals surface area contributed by atoms with Crippen LogP contribution in [0, 0.1) is 29.2 Å². The molecule has 2 aromatic heterocycles. The van der Waals surface area contributed by atoms with Crippen LogP contribution in [0.15, 0.2) is 56.5 Å². The van der Waals surface area contributed by atoms with Gasteiger partial charge in [-0.15, -0.1) is 0 Å². The Balaban J connectivity index is 0.000000203. The molecule has 0 saturated carbocycles. The van der Waals surface area contributed by atoms with Crippen LogP contribution in [-0.2, 0) is 0 Å². The van der Waals surface area contributed by atoms with Gasteiger partial charge in [-0.2, -0.15) is 10.5 Å². The van der Waals surface area contributed by atoms with Crippen molar-refractivity contribution in [1.29, 1.82) is 10.5 Å². The number of aromatic nitrogens is 2. The third-order valence-electron chi connectivity index (χ3n) is 4.26. The molecule has 13 heteroatoms. The van der Waals surface area contributed by atoms with Gasteiger partial charge in [-0.25, -0.2) is 4.85 Å². The van der Waals surface area contributed by atoms with Crippen molar-refractivity contribution in [1.82, 2.24) is 8.75 Å². The van der Waals surface area contributed by atoms with Gasteiger partial charge in [-0.05, 0) is 63.3 Å². The molecule has 0 atom stereocenters. The topological polar surface area (TPSA) is 151 Å². The maximum Gasteiger partial charge on any atom is 0.278 e. The van der Waals surface area contributed by atoms with Gasteiger partial charge < -0.3 is 15.4 Å². The molecule has 4 rings (SSSR count). The second-order valence-electron chi connectivity index (χ2n) is 6.44. The normalized spacial score (nSPS) is 9.57. The second-order valence-corrected chi connectivity index (χ2v) is 8.92. The number of nitrogens with zero attached hydrogens (tertiary/aromatic N) is 3. The Bertz CT molecular complexity index is 1580. The molecular weight excluding hydrogens is 554 g/mol. The number of halogens is 1. The van der Waals surface area contributed by atoms with Gasteiger partial charge in [0.25, 0.3) is 11.1 Å². The average molecular weight is 568 g/mol. The fourth-order valence-corrected chi connectivity index (χ4v) is 4.73. The van der Waals surface area contributed by atoms with Crippen molar-refractivity contribution in [3.05, 3.63) is 90.2 Å². The third kappa shape index (κ3) is 5.96. The summed E-state index contributed by atoms with van der Waals surface area (Å²) in [6, 6.07) is 16.4. The van der Waals surface area contributed by atoms with E-state index in [-0.39, 0.29) is 16.7 Å². The van der Waals surface area contributed by atoms with E-state index in [1.54, 1.807) is 12.1 Å². The van der Waals surface area contributed by atoms with Gasteiger partial charge in [0.15, 0.2) is 11.1 Å². The molecule has 4 N–H and O–H groups in total. The van der Waals surface area contributed by atoms with Crippen molar-refractivity contribution < 1.29 is 4.74 Å². The third-order valence-corrected chi connectivity index (χ3v) is 6.45. The fraction of sp³-hybridized carbons (Fsp3) is 0.0455. The molecule has 0 unspecified atom stereocenters. The van der Waals surface area contributed by atoms with Gasteiger partial charge in [-0.3, -0.25) is 18.3 Å². The quantitative estimate of drug-likeness (QED) is 0.235. The Kier molecular flexibility index (Phi) is 8.43. The molecule has 0 radical (unpaired) electrons. The minimum atomic E-state index is -0.432. The van der Waals surface area contributed by atoms with E-state index in [4.69, 9.17) is 21.8 Å². The van der Waals surface area contributed by atoms with Crippen LogP contribution in [0.4, 0.5) is 27.1 Å². The van der Waals surface area contributed by atoms with Crippen LogP contribution in [0.1, 0.15) is 11.1 Å². The van der Waals surface area contributed by atoms with Crippen molar-refractivity contribution in [3.63, 3.8) is 0 Å². The van der Waals surface area contributed by atoms with Crippen molar-refractivity contribution >= 4 is 66.1 Å². The Morgan fingerprint density at radius 1 is 0.971 bits per heavy atom. The zero-order chi connectivity index (χ0) is 25.4. The van der Waals surface area contributed by atoms with Gasteiger partial charge in [-0.1, -0.05) is 18.2 Å². The first-order valence-corrected chi connectivity index (χ1v) is 11.9. The standard InChI is InChI=1S/C12H7BrN4O2S.C10H7N3OS/c1-15-9-4-6(3-8(13)10(9)19-2)16-12-7(5-14)11(18)17-20-12;11-6-8-9(14)13-15-10(8)12-7-4-2-1-3-5-7/h3-4,16H,2H3,(H,17,18);1-5,12H,(H,13,14). The molecule has 0 aliphatic carbocycles. The highest BCUT2D eigenvalue weighted by molar-refractivity contribution is 9.10. The monoisotopic (exact) mass is 567 g/mol. The summed E-state index contributed by atoms with van der Waals surface area (Å²) in [4.78, 5) is 25.9. The first-order valence-electron chi connectivity index (χ1n) is 9.49. The van der Waals surface area contributed by atoms with Crippen LogP contribution >= 0.6 is 39.0 Å². The Hall–Kier alpha value is -4.35. The zero-order valence-electron chi connectivity index (χ0n) is 17.8. The van der Waals surface area contributed by atoms with Crippen molar-refractivity contribution in [2.75, 3.05) is 17.7 Å². The van der Waals surface area contributed by atoms with E-state index in [0.29, 0.717) is 31.6 Å². The molecule has 0 saturated heterocycles. The number of nitriles is 2. The van der Waals surface area contributed by atoms with E-state index < -0.39 is 5.56 Å². The summed E-state index contributed by atoms with van der Waals surface area (Å²) >= 11 is 5.47. The number of para-hydroxylation sites is 1. The van der Waals surface area contributed by atoms with E-state index in [9.17, 15) is 9.59 Å². The van der Waals surface area contributed by atoms with Crippen LogP contribution in [-0.4, -0.2) is 15.9 Å². The van der Waals surface area contributed by atoms with Crippen molar-refractivity contribution in [3.8, 4) is 17.9 Å². The zero-order valence-corrected chi connectivity index (χ0v) is 21.0. The maximum absolute atomic E-state index is 11.4. The molecule has 10 nitrogen and oxygen atoms in total. The van der Waals surface area contributed by atoms with Crippen LogP contribution in [0.2, 0.25) is 0 Å². The van der Waals surface area contributed by atoms with E-state index >= 15 is 0 Å². The van der Waals surface area contributed by atoms with Crippen molar-refractivity contribution in [2.45, 2.75) is 0 Å². The van der Waals surface area contributed by atoms with Crippen LogP contribution < -0.4 is 26.5 Å². The van der Waals surface area contributed by atoms with Gasteiger partial charge in [0.2, 0.25) is 5.69 Å². The number of ether oxygens (including phenoxy) is 1. The molecule has 0 amide bonds. The largest absolute Gasteiger partial charge is 0.507 e. The van der Waals surface area contributed by atoms with Crippen LogP contribution in [0.3, 0.4) is 0 Å². The molecule has 0 bridgehead atoms. The summed E-state index contributed by atoms with van der Waals surface area (Å²) in [7, 11) is 1.48. The number of hydrogen-bond donors (Lipinski definition) is 4. The predicted molar refractivity (Wildman–Crippen MR) is 139 cm³/mol. The first kappa shape index (κ1) is 25.3. The molecule has 2 aromatic carbocycles. The Labute approximate surface area is 215 Å². The lowest BCUT2D eigenvalue weighted by Gasteiger charge is -2.10. The van der Waals surface area contributed by atoms with E-state index in [1.807, 2.05) is 42.5 Å². The summed E-state index contributed by atoms with van der Waals surface area (Å²) in [5, 5.41) is 24.6. The van der Waals surface area contributed by atoms with Crippen molar-refractivity contribution in [2.24, 2.45) is 0 Å². The number of nitrogens with one attached hydrogen (secondary N) is 4. The molecule has 0 aliphatic rings. The SMILES string of the molecule is N#Cc1c(Nc2ccccc2)s[nH]c1=O.[C-]#[N+]c1cc(Nc2s[nH]c(=O)c2C#N)cc(Br)c1OC. The number of H-pyrrole nitrogens is 2. The number of methoxy groups -OCH3 is 1. The summed E-state index contributed by atoms with van der Waals surface area (Å²) < 4.78 is 10.7. The minimum absolute atomic E-state index is 0.0197. The lowest BCUT2D eigenvalue weighted by atomic mass is 10.2. The minimum Gasteiger partial charge on any atom is -0.507 e. The molecule has 4 aromatic rings. The smallest absolute Gasteiger partial charge is 0.278 e. The number of anilines is 4. The summed E-state index contributed by atoms with van der Waals surface area (Å²) in [6.45, 7) is 7.13. The lowest BCUT2D eigenvalue weighted by molar-refractivity contribution is 0.415. The highest BCUT2D eigenvalue weighted by atomic mass is 79.9. The van der Waals surface area contributed by atoms with E-state index in [1.165, 1.54) is 7.11 Å². The van der Waals surface area contributed by atoms with Gasteiger partial charge >= 0.3 is 0 Å². The Morgan fingerprint density at radius 2 is 1.51 bits per heavy atom. The van der Waals surface area contributed by atoms with Gasteiger partial charge in [0.05, 0.1) is 18.2 Å². The van der Waals surface area contributed by atoms with E-state index in [2.05, 4.69) is 40.2 Å². The number of aromatic amines is 2. The maximum atomic E-state index is 11.4. The summed E-state index contributed by atoms with van der Waals surface area (Å²) in [5.74, 6) is 0.438. The number of rotatable bonds is 5. The molecule has 35 heavy (non-hydrogen) atoms.